The van der Waals surface area contributed by atoms with Crippen LogP contribution in [0.4, 0.5) is 5.82 Å². The number of nitrogens with zero attached hydrogens (tertiary/aromatic N) is 6. The van der Waals surface area contributed by atoms with Crippen molar-refractivity contribution in [3.63, 3.8) is 0 Å². The molecule has 0 amide bonds. The molecule has 4 aromatic heterocycles. The Hall–Kier alpha value is -1.51. The Morgan fingerprint density at radius 1 is 0.867 bits per heavy atom. The van der Waals surface area contributed by atoms with Crippen LogP contribution in [0.1, 0.15) is 17.1 Å². The van der Waals surface area contributed by atoms with Crippen molar-refractivity contribution < 1.29 is 18.9 Å². The number of methoxy groups -OCH3 is 4. The van der Waals surface area contributed by atoms with Gasteiger partial charge in [0.05, 0.1) is 31.4 Å². The lowest BCUT2D eigenvalue weighted by Crippen LogP contribution is -2.24. The molecule has 0 saturated heterocycles. The quantitative estimate of drug-likeness (QED) is 0.111. The third kappa shape index (κ3) is 13.6. The van der Waals surface area contributed by atoms with E-state index in [2.05, 4.69) is 83.0 Å². The first-order chi connectivity index (χ1) is 21.2. The Balaban J connectivity index is 0.000000313. The lowest BCUT2D eigenvalue weighted by Gasteiger charge is -2.15. The summed E-state index contributed by atoms with van der Waals surface area (Å²) < 4.78 is 23.2. The number of H-pyrrole nitrogens is 1. The number of imidazole rings is 1. The second kappa shape index (κ2) is 21.4. The van der Waals surface area contributed by atoms with E-state index in [0.29, 0.717) is 34.2 Å². The van der Waals surface area contributed by atoms with Gasteiger partial charge in [0.25, 0.3) is 0 Å². The van der Waals surface area contributed by atoms with Crippen LogP contribution >= 0.6 is 82.6 Å². The van der Waals surface area contributed by atoms with E-state index in [1.165, 1.54) is 4.40 Å². The SMILES string of the molecule is COC(CN)OC.COC(CNc1nc(Cl)nc(C)c1Br)OC.Cc1[nH]c(=O)n2ccnc2c1Br.Cc1nc(Cl)nc(Cl)c1Br. The van der Waals surface area contributed by atoms with Crippen molar-refractivity contribution in [2.24, 2.45) is 5.73 Å². The average molecular weight is 886 g/mol. The molecule has 250 valence electrons. The topological polar surface area (TPSA) is 177 Å². The van der Waals surface area contributed by atoms with Gasteiger partial charge in [0.2, 0.25) is 10.6 Å². The van der Waals surface area contributed by atoms with Gasteiger partial charge in [0, 0.05) is 53.1 Å². The molecule has 4 N–H and O–H groups in total. The number of nitrogens with two attached hydrogens (primary N) is 1. The minimum Gasteiger partial charge on any atom is -0.364 e. The molecule has 0 aromatic carbocycles. The van der Waals surface area contributed by atoms with Crippen LogP contribution in [0.25, 0.3) is 5.65 Å². The van der Waals surface area contributed by atoms with Gasteiger partial charge in [-0.3, -0.25) is 4.40 Å². The molecular weight excluding hydrogens is 852 g/mol. The lowest BCUT2D eigenvalue weighted by atomic mass is 10.4. The van der Waals surface area contributed by atoms with E-state index in [1.807, 2.05) is 13.8 Å². The molecule has 0 atom stereocenters. The first kappa shape index (κ1) is 41.5. The maximum absolute atomic E-state index is 11.3. The smallest absolute Gasteiger partial charge is 0.331 e. The molecule has 0 aliphatic heterocycles. The molecule has 4 heterocycles. The van der Waals surface area contributed by atoms with Crippen LogP contribution in [0.5, 0.6) is 0 Å². The Kier molecular flexibility index (Phi) is 19.7. The van der Waals surface area contributed by atoms with Gasteiger partial charge in [-0.1, -0.05) is 11.6 Å². The first-order valence-electron chi connectivity index (χ1n) is 12.6. The molecule has 0 aliphatic rings. The van der Waals surface area contributed by atoms with E-state index >= 15 is 0 Å². The third-order valence-electron chi connectivity index (χ3n) is 5.30. The Labute approximate surface area is 300 Å². The van der Waals surface area contributed by atoms with E-state index in [0.717, 1.165) is 26.0 Å². The number of aromatic nitrogens is 7. The number of ether oxygens (including phenoxy) is 4. The molecule has 4 rings (SSSR count). The number of nitrogens with one attached hydrogen (secondary N) is 2. The molecule has 45 heavy (non-hydrogen) atoms. The molecule has 0 radical (unpaired) electrons. The van der Waals surface area contributed by atoms with E-state index in [9.17, 15) is 4.79 Å². The minimum atomic E-state index is -0.332. The second-order valence-electron chi connectivity index (χ2n) is 8.33. The summed E-state index contributed by atoms with van der Waals surface area (Å²) in [7, 11) is 6.26. The van der Waals surface area contributed by atoms with Gasteiger partial charge in [-0.25, -0.2) is 24.7 Å². The number of rotatable bonds is 8. The summed E-state index contributed by atoms with van der Waals surface area (Å²) in [6.07, 6.45) is 2.65. The fraction of sp³-hybridized carbons (Fsp3) is 0.440. The maximum atomic E-state index is 11.3. The van der Waals surface area contributed by atoms with Gasteiger partial charge in [0.15, 0.2) is 18.2 Å². The van der Waals surface area contributed by atoms with Gasteiger partial charge < -0.3 is 35.0 Å². The predicted molar refractivity (Wildman–Crippen MR) is 185 cm³/mol. The zero-order chi connectivity index (χ0) is 34.3. The highest BCUT2D eigenvalue weighted by Crippen LogP contribution is 2.25. The van der Waals surface area contributed by atoms with Crippen LogP contribution in [0, 0.1) is 20.8 Å². The molecule has 20 heteroatoms. The van der Waals surface area contributed by atoms with E-state index < -0.39 is 0 Å². The number of aromatic amines is 1. The summed E-state index contributed by atoms with van der Waals surface area (Å²) in [4.78, 5) is 33.6. The number of hydrogen-bond donors (Lipinski definition) is 3. The zero-order valence-corrected chi connectivity index (χ0v) is 32.3. The highest BCUT2D eigenvalue weighted by molar-refractivity contribution is 9.11. The molecule has 0 fully saturated rings. The Morgan fingerprint density at radius 3 is 1.89 bits per heavy atom. The number of fused-ring (bicyclic) bond motifs is 1. The maximum Gasteiger partial charge on any atom is 0.331 e. The summed E-state index contributed by atoms with van der Waals surface area (Å²) in [5.74, 6) is 0.622. The van der Waals surface area contributed by atoms with E-state index in [1.54, 1.807) is 47.8 Å². The van der Waals surface area contributed by atoms with Crippen molar-refractivity contribution in [1.29, 1.82) is 0 Å². The van der Waals surface area contributed by atoms with Crippen molar-refractivity contribution in [1.82, 2.24) is 34.3 Å². The van der Waals surface area contributed by atoms with Gasteiger partial charge in [-0.2, -0.15) is 4.98 Å². The van der Waals surface area contributed by atoms with Crippen molar-refractivity contribution in [3.05, 3.63) is 69.1 Å². The summed E-state index contributed by atoms with van der Waals surface area (Å²) in [5, 5.41) is 3.78. The zero-order valence-electron chi connectivity index (χ0n) is 25.3. The number of anilines is 1. The van der Waals surface area contributed by atoms with Crippen molar-refractivity contribution >= 4 is 94.1 Å². The first-order valence-corrected chi connectivity index (χ1v) is 16.1. The standard InChI is InChI=1S/C9H13BrClN3O2.C7H6BrN3O.C5H3BrCl2N2.C4H11NO2/c1-5-7(10)8(14-9(11)13-5)12-4-6(15-2)16-3;1-4-5(8)6-9-2-3-11(6)7(12)10-4;1-2-3(6)4(7)10-5(8)9-2;1-6-4(3-5)7-2/h6H,4H2,1-3H3,(H,12,13,14);2-3H,1H3,(H,10,12);1H3;4H,3,5H2,1-2H3. The summed E-state index contributed by atoms with van der Waals surface area (Å²) in [6, 6.07) is 0. The minimum absolute atomic E-state index is 0.164. The molecule has 0 saturated carbocycles. The van der Waals surface area contributed by atoms with Crippen LogP contribution < -0.4 is 16.7 Å². The fourth-order valence-electron chi connectivity index (χ4n) is 2.94. The molecule has 4 aromatic rings. The molecule has 0 aliphatic carbocycles. The van der Waals surface area contributed by atoms with Crippen LogP contribution in [0.2, 0.25) is 15.7 Å². The monoisotopic (exact) mass is 881 g/mol. The van der Waals surface area contributed by atoms with E-state index in [4.69, 9.17) is 59.5 Å². The molecule has 0 unspecified atom stereocenters. The summed E-state index contributed by atoms with van der Waals surface area (Å²) in [6.45, 7) is 6.34. The lowest BCUT2D eigenvalue weighted by molar-refractivity contribution is -0.0940. The summed E-state index contributed by atoms with van der Waals surface area (Å²) >= 11 is 26.8. The van der Waals surface area contributed by atoms with E-state index in [-0.39, 0.29) is 28.8 Å². The van der Waals surface area contributed by atoms with Gasteiger partial charge >= 0.3 is 5.69 Å². The molecule has 0 bridgehead atoms. The Bertz CT molecular complexity index is 1530. The third-order valence-corrected chi connectivity index (χ3v) is 8.99. The van der Waals surface area contributed by atoms with Crippen LogP contribution in [0.15, 0.2) is 30.6 Å². The summed E-state index contributed by atoms with van der Waals surface area (Å²) in [5.41, 5.74) is 7.93. The normalized spacial score (nSPS) is 10.6. The van der Waals surface area contributed by atoms with Crippen molar-refractivity contribution in [2.45, 2.75) is 33.4 Å². The highest BCUT2D eigenvalue weighted by atomic mass is 79.9. The van der Waals surface area contributed by atoms with Crippen molar-refractivity contribution in [3.8, 4) is 0 Å². The van der Waals surface area contributed by atoms with Crippen LogP contribution in [-0.4, -0.2) is 88.4 Å². The second-order valence-corrected chi connectivity index (χ2v) is 11.7. The average Bonchev–Trinajstić information content (AvgIpc) is 3.51. The number of aryl methyl sites for hydroxylation is 3. The molecular formula is C25H33Br3Cl3N9O5. The van der Waals surface area contributed by atoms with Gasteiger partial charge in [-0.05, 0) is 91.8 Å². The number of halogens is 6. The largest absolute Gasteiger partial charge is 0.364 e. The van der Waals surface area contributed by atoms with Crippen LogP contribution in [-0.2, 0) is 18.9 Å². The predicted octanol–water partition coefficient (Wildman–Crippen LogP) is 5.74. The molecule has 0 spiro atoms. The fourth-order valence-corrected chi connectivity index (χ4v) is 4.51. The number of hydrogen-bond acceptors (Lipinski definition) is 12. The van der Waals surface area contributed by atoms with Crippen molar-refractivity contribution in [2.75, 3.05) is 46.8 Å². The van der Waals surface area contributed by atoms with Gasteiger partial charge in [-0.15, -0.1) is 0 Å². The van der Waals surface area contributed by atoms with Crippen LogP contribution in [0.3, 0.4) is 0 Å². The Morgan fingerprint density at radius 2 is 1.40 bits per heavy atom. The highest BCUT2D eigenvalue weighted by Gasteiger charge is 2.11. The van der Waals surface area contributed by atoms with Gasteiger partial charge in [0.1, 0.15) is 11.0 Å². The molecule has 14 nitrogen and oxygen atoms in total.